The van der Waals surface area contributed by atoms with Crippen LogP contribution in [0.25, 0.3) is 10.9 Å². The molecule has 0 bridgehead atoms. The van der Waals surface area contributed by atoms with E-state index >= 15 is 0 Å². The van der Waals surface area contributed by atoms with Crippen molar-refractivity contribution in [3.8, 4) is 0 Å². The van der Waals surface area contributed by atoms with Gasteiger partial charge in [-0.2, -0.15) is 0 Å². The van der Waals surface area contributed by atoms with Crippen LogP contribution >= 0.6 is 0 Å². The van der Waals surface area contributed by atoms with Crippen LogP contribution in [-0.2, 0) is 0 Å². The summed E-state index contributed by atoms with van der Waals surface area (Å²) >= 11 is 0. The first-order chi connectivity index (χ1) is 14.0. The highest BCUT2D eigenvalue weighted by molar-refractivity contribution is 6.07. The predicted octanol–water partition coefficient (Wildman–Crippen LogP) is 4.95. The van der Waals surface area contributed by atoms with Crippen LogP contribution < -0.4 is 10.6 Å². The monoisotopic (exact) mass is 383 g/mol. The Morgan fingerprint density at radius 2 is 1.72 bits per heavy atom. The van der Waals surface area contributed by atoms with E-state index in [0.29, 0.717) is 17.3 Å². The van der Waals surface area contributed by atoms with E-state index < -0.39 is 0 Å². The van der Waals surface area contributed by atoms with Crippen LogP contribution in [0.4, 0.5) is 17.2 Å². The lowest BCUT2D eigenvalue weighted by Gasteiger charge is -2.12. The van der Waals surface area contributed by atoms with Crippen molar-refractivity contribution in [1.29, 1.82) is 0 Å². The minimum atomic E-state index is -0.308. The summed E-state index contributed by atoms with van der Waals surface area (Å²) < 4.78 is 0. The summed E-state index contributed by atoms with van der Waals surface area (Å²) in [5.74, 6) is 0.781. The number of aryl methyl sites for hydroxylation is 3. The van der Waals surface area contributed by atoms with Crippen molar-refractivity contribution in [1.82, 2.24) is 15.0 Å². The van der Waals surface area contributed by atoms with Gasteiger partial charge in [0.15, 0.2) is 0 Å². The average molecular weight is 383 g/mol. The lowest BCUT2D eigenvalue weighted by Crippen LogP contribution is -2.16. The smallest absolute Gasteiger partial charge is 0.274 e. The molecule has 0 fully saturated rings. The summed E-state index contributed by atoms with van der Waals surface area (Å²) in [5, 5.41) is 7.16. The van der Waals surface area contributed by atoms with Crippen LogP contribution in [0.3, 0.4) is 0 Å². The molecule has 2 aromatic carbocycles. The van der Waals surface area contributed by atoms with Gasteiger partial charge in [-0.3, -0.25) is 9.78 Å². The Labute approximate surface area is 169 Å². The number of benzene rings is 2. The molecule has 0 saturated heterocycles. The van der Waals surface area contributed by atoms with Crippen molar-refractivity contribution in [2.24, 2.45) is 0 Å². The molecule has 0 atom stereocenters. The highest BCUT2D eigenvalue weighted by Crippen LogP contribution is 2.23. The second-order valence-electron chi connectivity index (χ2n) is 6.96. The Morgan fingerprint density at radius 1 is 0.897 bits per heavy atom. The third-order valence-electron chi connectivity index (χ3n) is 4.60. The minimum absolute atomic E-state index is 0.290. The zero-order chi connectivity index (χ0) is 20.4. The van der Waals surface area contributed by atoms with Gasteiger partial charge in [0.25, 0.3) is 5.91 Å². The standard InChI is InChI=1S/C23H21N5O/c1-14-9-10-18(15(2)12-14)27-21-13-20(25-16(3)26-21)23(29)28-19-8-4-6-17-7-5-11-24-22(17)19/h4-13H,1-3H3,(H,28,29)(H,25,26,27). The number of aromatic nitrogens is 3. The summed E-state index contributed by atoms with van der Waals surface area (Å²) in [4.78, 5) is 26.0. The van der Waals surface area contributed by atoms with E-state index in [1.165, 1.54) is 5.56 Å². The van der Waals surface area contributed by atoms with Gasteiger partial charge in [0.05, 0.1) is 11.2 Å². The van der Waals surface area contributed by atoms with Crippen LogP contribution in [0.1, 0.15) is 27.4 Å². The molecule has 2 aromatic heterocycles. The van der Waals surface area contributed by atoms with E-state index in [0.717, 1.165) is 22.2 Å². The first-order valence-corrected chi connectivity index (χ1v) is 9.35. The first kappa shape index (κ1) is 18.6. The number of fused-ring (bicyclic) bond motifs is 1. The van der Waals surface area contributed by atoms with E-state index in [1.807, 2.05) is 49.4 Å². The maximum Gasteiger partial charge on any atom is 0.274 e. The zero-order valence-corrected chi connectivity index (χ0v) is 16.5. The van der Waals surface area contributed by atoms with Gasteiger partial charge in [-0.05, 0) is 44.5 Å². The van der Waals surface area contributed by atoms with Gasteiger partial charge >= 0.3 is 0 Å². The number of carbonyl (C=O) groups is 1. The molecule has 0 aliphatic carbocycles. The highest BCUT2D eigenvalue weighted by Gasteiger charge is 2.13. The van der Waals surface area contributed by atoms with Crippen LogP contribution in [-0.4, -0.2) is 20.9 Å². The fourth-order valence-electron chi connectivity index (χ4n) is 3.23. The Kier molecular flexibility index (Phi) is 4.91. The fourth-order valence-corrected chi connectivity index (χ4v) is 3.23. The number of hydrogen-bond donors (Lipinski definition) is 2. The molecule has 6 nitrogen and oxygen atoms in total. The van der Waals surface area contributed by atoms with Crippen molar-refractivity contribution in [3.63, 3.8) is 0 Å². The number of nitrogens with zero attached hydrogens (tertiary/aromatic N) is 3. The number of rotatable bonds is 4. The van der Waals surface area contributed by atoms with Crippen molar-refractivity contribution in [3.05, 3.63) is 83.4 Å². The summed E-state index contributed by atoms with van der Waals surface area (Å²) in [6.07, 6.45) is 1.71. The topological polar surface area (TPSA) is 79.8 Å². The molecule has 2 heterocycles. The van der Waals surface area contributed by atoms with Gasteiger partial charge in [-0.1, -0.05) is 35.9 Å². The maximum absolute atomic E-state index is 12.9. The number of pyridine rings is 1. The average Bonchev–Trinajstić information content (AvgIpc) is 2.70. The van der Waals surface area contributed by atoms with Gasteiger partial charge in [0, 0.05) is 23.3 Å². The molecule has 0 saturated carbocycles. The Morgan fingerprint density at radius 3 is 2.55 bits per heavy atom. The summed E-state index contributed by atoms with van der Waals surface area (Å²) in [7, 11) is 0. The highest BCUT2D eigenvalue weighted by atomic mass is 16.1. The third kappa shape index (κ3) is 4.06. The number of hydrogen-bond acceptors (Lipinski definition) is 5. The van der Waals surface area contributed by atoms with Gasteiger partial charge in [0.2, 0.25) is 0 Å². The molecule has 0 unspecified atom stereocenters. The molecule has 2 N–H and O–H groups in total. The van der Waals surface area contributed by atoms with Gasteiger partial charge in [-0.15, -0.1) is 0 Å². The van der Waals surface area contributed by atoms with Crippen molar-refractivity contribution >= 4 is 34.0 Å². The van der Waals surface area contributed by atoms with E-state index in [2.05, 4.69) is 38.6 Å². The molecule has 0 aliphatic heterocycles. The molecule has 29 heavy (non-hydrogen) atoms. The lowest BCUT2D eigenvalue weighted by atomic mass is 10.1. The van der Waals surface area contributed by atoms with E-state index in [9.17, 15) is 4.79 Å². The molecular formula is C23H21N5O. The molecule has 4 rings (SSSR count). The third-order valence-corrected chi connectivity index (χ3v) is 4.60. The number of nitrogens with one attached hydrogen (secondary N) is 2. The maximum atomic E-state index is 12.9. The predicted molar refractivity (Wildman–Crippen MR) is 116 cm³/mol. The first-order valence-electron chi connectivity index (χ1n) is 9.35. The van der Waals surface area contributed by atoms with Crippen molar-refractivity contribution in [2.75, 3.05) is 10.6 Å². The molecule has 1 amide bonds. The van der Waals surface area contributed by atoms with Crippen LogP contribution in [0.15, 0.2) is 60.8 Å². The van der Waals surface area contributed by atoms with Gasteiger partial charge in [0.1, 0.15) is 17.3 Å². The molecular weight excluding hydrogens is 362 g/mol. The molecule has 4 aromatic rings. The Bertz CT molecular complexity index is 1210. The Hall–Kier alpha value is -3.80. The summed E-state index contributed by atoms with van der Waals surface area (Å²) in [6.45, 7) is 5.85. The van der Waals surface area contributed by atoms with E-state index in [1.54, 1.807) is 19.2 Å². The van der Waals surface area contributed by atoms with E-state index in [4.69, 9.17) is 0 Å². The molecule has 144 valence electrons. The molecule has 0 radical (unpaired) electrons. The summed E-state index contributed by atoms with van der Waals surface area (Å²) in [5.41, 5.74) is 4.91. The zero-order valence-electron chi connectivity index (χ0n) is 16.5. The normalized spacial score (nSPS) is 10.7. The van der Waals surface area contributed by atoms with Crippen LogP contribution in [0.5, 0.6) is 0 Å². The van der Waals surface area contributed by atoms with Gasteiger partial charge in [-0.25, -0.2) is 9.97 Å². The van der Waals surface area contributed by atoms with Crippen molar-refractivity contribution < 1.29 is 4.79 Å². The molecule has 0 aliphatic rings. The number of carbonyl (C=O) groups excluding carboxylic acids is 1. The largest absolute Gasteiger partial charge is 0.340 e. The van der Waals surface area contributed by atoms with Crippen molar-refractivity contribution in [2.45, 2.75) is 20.8 Å². The Balaban J connectivity index is 1.62. The fraction of sp³-hybridized carbons (Fsp3) is 0.130. The number of anilines is 3. The van der Waals surface area contributed by atoms with Crippen LogP contribution in [0.2, 0.25) is 0 Å². The SMILES string of the molecule is Cc1ccc(Nc2cc(C(=O)Nc3cccc4cccnc34)nc(C)n2)c(C)c1. The van der Waals surface area contributed by atoms with Gasteiger partial charge < -0.3 is 10.6 Å². The lowest BCUT2D eigenvalue weighted by molar-refractivity contribution is 0.102. The second-order valence-corrected chi connectivity index (χ2v) is 6.96. The summed E-state index contributed by atoms with van der Waals surface area (Å²) in [6, 6.07) is 17.3. The second kappa shape index (κ2) is 7.67. The minimum Gasteiger partial charge on any atom is -0.340 e. The van der Waals surface area contributed by atoms with E-state index in [-0.39, 0.29) is 11.6 Å². The quantitative estimate of drug-likeness (QED) is 0.521. The molecule has 0 spiro atoms. The number of para-hydroxylation sites is 1. The van der Waals surface area contributed by atoms with Crippen LogP contribution in [0, 0.1) is 20.8 Å². The molecule has 6 heteroatoms. The number of amides is 1.